The Labute approximate surface area is 84.0 Å². The summed E-state index contributed by atoms with van der Waals surface area (Å²) in [4.78, 5) is 0. The van der Waals surface area contributed by atoms with E-state index in [9.17, 15) is 0 Å². The maximum atomic E-state index is 5.59. The van der Waals surface area contributed by atoms with Crippen molar-refractivity contribution in [3.8, 4) is 0 Å². The van der Waals surface area contributed by atoms with Crippen LogP contribution in [0.3, 0.4) is 0 Å². The van der Waals surface area contributed by atoms with Crippen molar-refractivity contribution in [1.82, 2.24) is 0 Å². The molecule has 0 aliphatic heterocycles. The predicted octanol–water partition coefficient (Wildman–Crippen LogP) is 2.57. The molecule has 0 unspecified atom stereocenters. The second-order valence-electron chi connectivity index (χ2n) is 2.85. The van der Waals surface area contributed by atoms with Gasteiger partial charge in [-0.3, -0.25) is 0 Å². The van der Waals surface area contributed by atoms with Crippen molar-refractivity contribution in [3.63, 3.8) is 0 Å². The van der Waals surface area contributed by atoms with E-state index in [1.165, 1.54) is 10.8 Å². The van der Waals surface area contributed by atoms with Crippen LogP contribution in [-0.2, 0) is 8.85 Å². The lowest BCUT2D eigenvalue weighted by Gasteiger charge is -2.19. The van der Waals surface area contributed by atoms with Gasteiger partial charge in [0.1, 0.15) is 0 Å². The van der Waals surface area contributed by atoms with E-state index in [0.29, 0.717) is 0 Å². The lowest BCUT2D eigenvalue weighted by Crippen LogP contribution is -2.33. The molecule has 0 spiro atoms. The third-order valence-corrected chi connectivity index (χ3v) is 4.11. The molecule has 0 saturated heterocycles. The molecule has 68 valence electrons. The number of hydrogen-bond acceptors (Lipinski definition) is 2. The normalized spacial score (nSPS) is 12.0. The minimum atomic E-state index is -1.73. The molecule has 0 aliphatic rings. The second-order valence-corrected chi connectivity index (χ2v) is 7.42. The Morgan fingerprint density at radius 1 is 1.27 bits per heavy atom. The van der Waals surface area contributed by atoms with Crippen LogP contribution < -0.4 is 0 Å². The number of hydrogen-bond donors (Lipinski definition) is 0. The van der Waals surface area contributed by atoms with Gasteiger partial charge < -0.3 is 8.85 Å². The molecule has 0 saturated carbocycles. The molecule has 0 amide bonds. The minimum Gasteiger partial charge on any atom is -0.398 e. The predicted molar refractivity (Wildman–Crippen MR) is 58.6 cm³/mol. The number of alkyl halides is 1. The first-order chi connectivity index (χ1) is 5.12. The Morgan fingerprint density at radius 2 is 1.91 bits per heavy atom. The number of rotatable bonds is 6. The van der Waals surface area contributed by atoms with Crippen LogP contribution in [0.5, 0.6) is 0 Å². The van der Waals surface area contributed by atoms with Crippen molar-refractivity contribution < 1.29 is 8.85 Å². The lowest BCUT2D eigenvalue weighted by atomic mass is 10.4. The van der Waals surface area contributed by atoms with Gasteiger partial charge >= 0.3 is 8.56 Å². The first-order valence-corrected chi connectivity index (χ1v) is 8.21. The van der Waals surface area contributed by atoms with Crippen molar-refractivity contribution in [2.75, 3.05) is 18.1 Å². The van der Waals surface area contributed by atoms with Gasteiger partial charge in [-0.2, -0.15) is 0 Å². The maximum Gasteiger partial charge on any atom is 0.331 e. The van der Waals surface area contributed by atoms with Gasteiger partial charge in [0.25, 0.3) is 0 Å². The Balaban J connectivity index is 3.23. The quantitative estimate of drug-likeness (QED) is 0.324. The average Bonchev–Trinajstić information content (AvgIpc) is 1.99. The van der Waals surface area contributed by atoms with Gasteiger partial charge in [0.2, 0.25) is 0 Å². The van der Waals surface area contributed by atoms with Crippen molar-refractivity contribution in [3.05, 3.63) is 0 Å². The largest absolute Gasteiger partial charge is 0.398 e. The maximum absolute atomic E-state index is 5.59. The van der Waals surface area contributed by atoms with Crippen molar-refractivity contribution in [2.24, 2.45) is 0 Å². The van der Waals surface area contributed by atoms with E-state index in [-0.39, 0.29) is 0 Å². The smallest absolute Gasteiger partial charge is 0.331 e. The van der Waals surface area contributed by atoms with E-state index in [1.807, 2.05) is 0 Å². The highest BCUT2D eigenvalue weighted by atomic mass is 127. The monoisotopic (exact) mass is 288 g/mol. The molecule has 0 fully saturated rings. The van der Waals surface area contributed by atoms with Gasteiger partial charge in [-0.05, 0) is 30.4 Å². The van der Waals surface area contributed by atoms with Gasteiger partial charge in [-0.15, -0.1) is 0 Å². The summed E-state index contributed by atoms with van der Waals surface area (Å²) >= 11 is 2.38. The number of unbranched alkanes of at least 4 members (excludes halogenated alkanes) is 1. The van der Waals surface area contributed by atoms with Gasteiger partial charge in [-0.25, -0.2) is 0 Å². The van der Waals surface area contributed by atoms with E-state index in [2.05, 4.69) is 35.7 Å². The zero-order chi connectivity index (χ0) is 8.74. The Bertz CT molecular complexity index is 98.4. The van der Waals surface area contributed by atoms with E-state index in [0.717, 1.165) is 13.0 Å². The third kappa shape index (κ3) is 7.23. The summed E-state index contributed by atoms with van der Waals surface area (Å²) in [5.74, 6) is 0. The molecule has 0 radical (unpaired) electrons. The molecule has 0 aromatic rings. The molecule has 0 N–H and O–H groups in total. The molecule has 0 atom stereocenters. The Kier molecular flexibility index (Phi) is 6.89. The van der Waals surface area contributed by atoms with Crippen LogP contribution in [-0.4, -0.2) is 26.7 Å². The van der Waals surface area contributed by atoms with Crippen molar-refractivity contribution in [2.45, 2.75) is 25.9 Å². The van der Waals surface area contributed by atoms with E-state index in [1.54, 1.807) is 7.11 Å². The summed E-state index contributed by atoms with van der Waals surface area (Å²) in [5.41, 5.74) is 0. The highest BCUT2D eigenvalue weighted by Crippen LogP contribution is 2.05. The fraction of sp³-hybridized carbons (Fsp3) is 1.00. The van der Waals surface area contributed by atoms with Crippen LogP contribution >= 0.6 is 22.6 Å². The molecule has 2 nitrogen and oxygen atoms in total. The molecule has 0 aliphatic carbocycles. The fourth-order valence-corrected chi connectivity index (χ4v) is 1.87. The molecule has 0 aromatic carbocycles. The van der Waals surface area contributed by atoms with E-state index in [4.69, 9.17) is 8.85 Å². The van der Waals surface area contributed by atoms with Crippen LogP contribution in [0.2, 0.25) is 13.1 Å². The van der Waals surface area contributed by atoms with Crippen LogP contribution in [0.4, 0.5) is 0 Å². The summed E-state index contributed by atoms with van der Waals surface area (Å²) in [5, 5.41) is 0. The molecule has 11 heavy (non-hydrogen) atoms. The van der Waals surface area contributed by atoms with Crippen LogP contribution in [0.1, 0.15) is 12.8 Å². The van der Waals surface area contributed by atoms with Gasteiger partial charge in [0.15, 0.2) is 0 Å². The number of halogens is 1. The molecule has 0 rings (SSSR count). The Morgan fingerprint density at radius 3 is 2.36 bits per heavy atom. The average molecular weight is 288 g/mol. The zero-order valence-corrected chi connectivity index (χ0v) is 10.7. The highest BCUT2D eigenvalue weighted by molar-refractivity contribution is 14.1. The standard InChI is InChI=1S/C7H17IO2Si/c1-9-11(2,3)10-7-5-4-6-8/h4-7H2,1-3H3. The van der Waals surface area contributed by atoms with Crippen molar-refractivity contribution >= 4 is 31.2 Å². The van der Waals surface area contributed by atoms with Crippen molar-refractivity contribution in [1.29, 1.82) is 0 Å². The zero-order valence-electron chi connectivity index (χ0n) is 7.52. The molecular weight excluding hydrogens is 271 g/mol. The molecule has 0 heterocycles. The van der Waals surface area contributed by atoms with Gasteiger partial charge in [0.05, 0.1) is 0 Å². The van der Waals surface area contributed by atoms with E-state index < -0.39 is 8.56 Å². The SMILES string of the molecule is CO[Si](C)(C)OCCCCI. The third-order valence-electron chi connectivity index (χ3n) is 1.47. The summed E-state index contributed by atoms with van der Waals surface area (Å²) in [6, 6.07) is 0. The highest BCUT2D eigenvalue weighted by Gasteiger charge is 2.21. The van der Waals surface area contributed by atoms with E-state index >= 15 is 0 Å². The van der Waals surface area contributed by atoms with Gasteiger partial charge in [-0.1, -0.05) is 22.6 Å². The lowest BCUT2D eigenvalue weighted by molar-refractivity contribution is 0.208. The van der Waals surface area contributed by atoms with Crippen LogP contribution in [0, 0.1) is 0 Å². The summed E-state index contributed by atoms with van der Waals surface area (Å²) < 4.78 is 12.0. The molecule has 0 aromatic heterocycles. The Hall–Kier alpha value is 0.867. The van der Waals surface area contributed by atoms with Crippen LogP contribution in [0.25, 0.3) is 0 Å². The first-order valence-electron chi connectivity index (χ1n) is 3.87. The van der Waals surface area contributed by atoms with Gasteiger partial charge in [0, 0.05) is 13.7 Å². The molecule has 0 bridgehead atoms. The second kappa shape index (κ2) is 6.39. The molecular formula is C7H17IO2Si. The summed E-state index contributed by atoms with van der Waals surface area (Å²) in [7, 11) is -0.00298. The fourth-order valence-electron chi connectivity index (χ4n) is 0.573. The first kappa shape index (κ1) is 11.9. The minimum absolute atomic E-state index is 0.857. The van der Waals surface area contributed by atoms with Crippen LogP contribution in [0.15, 0.2) is 0 Å². The summed E-state index contributed by atoms with van der Waals surface area (Å²) in [6.45, 7) is 4.99. The topological polar surface area (TPSA) is 18.5 Å². The molecule has 4 heteroatoms. The summed E-state index contributed by atoms with van der Waals surface area (Å²) in [6.07, 6.45) is 2.40.